The summed E-state index contributed by atoms with van der Waals surface area (Å²) in [6.07, 6.45) is 0.0370. The molecule has 0 aliphatic rings. The molecule has 2 aromatic rings. The normalized spacial score (nSPS) is 11.4. The van der Waals surface area contributed by atoms with Crippen LogP contribution in [-0.4, -0.2) is 38.5 Å². The summed E-state index contributed by atoms with van der Waals surface area (Å²) in [4.78, 5) is 24.2. The summed E-state index contributed by atoms with van der Waals surface area (Å²) in [5, 5.41) is 3.15. The van der Waals surface area contributed by atoms with Crippen molar-refractivity contribution in [3.63, 3.8) is 0 Å². The van der Waals surface area contributed by atoms with Gasteiger partial charge in [-0.3, -0.25) is 9.59 Å². The zero-order valence-electron chi connectivity index (χ0n) is 14.4. The lowest BCUT2D eigenvalue weighted by Crippen LogP contribution is -2.22. The summed E-state index contributed by atoms with van der Waals surface area (Å²) in [5.41, 5.74) is 0.846. The summed E-state index contributed by atoms with van der Waals surface area (Å²) in [6, 6.07) is 12.4. The third-order valence-corrected chi connectivity index (χ3v) is 5.70. The van der Waals surface area contributed by atoms with E-state index in [0.29, 0.717) is 16.3 Å². The number of sulfonamides is 1. The number of carbonyl (C=O) groups excluding carboxylic acids is 2. The quantitative estimate of drug-likeness (QED) is 0.731. The van der Waals surface area contributed by atoms with Crippen LogP contribution in [0.15, 0.2) is 53.4 Å². The van der Waals surface area contributed by atoms with Crippen molar-refractivity contribution in [1.29, 1.82) is 0 Å². The highest BCUT2D eigenvalue weighted by molar-refractivity contribution is 7.89. The second kappa shape index (κ2) is 8.44. The maximum absolute atomic E-state index is 12.1. The molecule has 26 heavy (non-hydrogen) atoms. The summed E-state index contributed by atoms with van der Waals surface area (Å²) in [7, 11) is -0.716. The molecule has 0 saturated heterocycles. The van der Waals surface area contributed by atoms with Crippen molar-refractivity contribution >= 4 is 39.0 Å². The van der Waals surface area contributed by atoms with Gasteiger partial charge in [-0.25, -0.2) is 12.7 Å². The largest absolute Gasteiger partial charge is 0.326 e. The van der Waals surface area contributed by atoms with E-state index in [-0.39, 0.29) is 29.4 Å². The van der Waals surface area contributed by atoms with Crippen molar-refractivity contribution in [1.82, 2.24) is 4.31 Å². The van der Waals surface area contributed by atoms with Gasteiger partial charge in [0.25, 0.3) is 0 Å². The number of halogens is 1. The molecule has 1 N–H and O–H groups in total. The lowest BCUT2D eigenvalue weighted by molar-refractivity contribution is -0.116. The van der Waals surface area contributed by atoms with Crippen LogP contribution in [0.1, 0.15) is 23.2 Å². The Labute approximate surface area is 157 Å². The van der Waals surface area contributed by atoms with Gasteiger partial charge in [-0.05, 0) is 42.5 Å². The van der Waals surface area contributed by atoms with Crippen LogP contribution in [0.25, 0.3) is 0 Å². The van der Waals surface area contributed by atoms with E-state index in [0.717, 1.165) is 4.31 Å². The van der Waals surface area contributed by atoms with Gasteiger partial charge in [0.2, 0.25) is 15.9 Å². The van der Waals surface area contributed by atoms with E-state index in [1.165, 1.54) is 26.2 Å². The number of ketones is 1. The molecule has 0 heterocycles. The van der Waals surface area contributed by atoms with Crippen LogP contribution in [0.4, 0.5) is 5.69 Å². The topological polar surface area (TPSA) is 83.6 Å². The molecular weight excluding hydrogens is 376 g/mol. The summed E-state index contributed by atoms with van der Waals surface area (Å²) < 4.78 is 25.3. The first-order valence-electron chi connectivity index (χ1n) is 7.81. The molecule has 138 valence electrons. The maximum atomic E-state index is 12.1. The lowest BCUT2D eigenvalue weighted by atomic mass is 10.1. The Morgan fingerprint density at radius 1 is 1.04 bits per heavy atom. The fourth-order valence-electron chi connectivity index (χ4n) is 2.18. The van der Waals surface area contributed by atoms with Crippen molar-refractivity contribution in [2.75, 3.05) is 19.4 Å². The minimum Gasteiger partial charge on any atom is -0.326 e. The van der Waals surface area contributed by atoms with Crippen molar-refractivity contribution in [2.24, 2.45) is 0 Å². The fraction of sp³-hybridized carbons (Fsp3) is 0.222. The zero-order valence-corrected chi connectivity index (χ0v) is 16.0. The highest BCUT2D eigenvalue weighted by Crippen LogP contribution is 2.18. The third-order valence-electron chi connectivity index (χ3n) is 3.64. The maximum Gasteiger partial charge on any atom is 0.242 e. The number of hydrogen-bond donors (Lipinski definition) is 1. The second-order valence-corrected chi connectivity index (χ2v) is 8.38. The standard InChI is InChI=1S/C18H19ClN2O4S/c1-21(2)26(24,25)16-5-3-4-15(12-16)20-18(23)11-10-17(22)13-6-8-14(19)9-7-13/h3-9,12H,10-11H2,1-2H3,(H,20,23). The van der Waals surface area contributed by atoms with Gasteiger partial charge in [-0.1, -0.05) is 17.7 Å². The minimum atomic E-state index is -3.58. The molecule has 0 bridgehead atoms. The van der Waals surface area contributed by atoms with Gasteiger partial charge in [0.1, 0.15) is 0 Å². The van der Waals surface area contributed by atoms with E-state index >= 15 is 0 Å². The number of amides is 1. The SMILES string of the molecule is CN(C)S(=O)(=O)c1cccc(NC(=O)CCC(=O)c2ccc(Cl)cc2)c1. The van der Waals surface area contributed by atoms with Crippen LogP contribution < -0.4 is 5.32 Å². The summed E-state index contributed by atoms with van der Waals surface area (Å²) in [6.45, 7) is 0. The van der Waals surface area contributed by atoms with Crippen LogP contribution in [0.2, 0.25) is 5.02 Å². The van der Waals surface area contributed by atoms with Gasteiger partial charge in [0.05, 0.1) is 4.90 Å². The summed E-state index contributed by atoms with van der Waals surface area (Å²) in [5.74, 6) is -0.535. The van der Waals surface area contributed by atoms with E-state index in [9.17, 15) is 18.0 Å². The molecule has 0 saturated carbocycles. The molecule has 8 heteroatoms. The monoisotopic (exact) mass is 394 g/mol. The molecule has 2 rings (SSSR count). The smallest absolute Gasteiger partial charge is 0.242 e. The van der Waals surface area contributed by atoms with Crippen molar-refractivity contribution in [3.8, 4) is 0 Å². The number of Topliss-reactive ketones (excluding diaryl/α,β-unsaturated/α-hetero) is 1. The van der Waals surface area contributed by atoms with E-state index in [2.05, 4.69) is 5.32 Å². The Bertz CT molecular complexity index is 909. The van der Waals surface area contributed by atoms with E-state index in [1.54, 1.807) is 36.4 Å². The molecule has 0 unspecified atom stereocenters. The number of nitrogens with one attached hydrogen (secondary N) is 1. The Morgan fingerprint density at radius 3 is 2.31 bits per heavy atom. The van der Waals surface area contributed by atoms with Crippen LogP contribution in [-0.2, 0) is 14.8 Å². The second-order valence-electron chi connectivity index (χ2n) is 5.79. The highest BCUT2D eigenvalue weighted by Gasteiger charge is 2.17. The first kappa shape index (κ1) is 20.1. The first-order chi connectivity index (χ1) is 12.2. The molecule has 0 spiro atoms. The first-order valence-corrected chi connectivity index (χ1v) is 9.63. The number of anilines is 1. The molecule has 0 radical (unpaired) electrons. The summed E-state index contributed by atoms with van der Waals surface area (Å²) >= 11 is 5.78. The Kier molecular flexibility index (Phi) is 6.52. The van der Waals surface area contributed by atoms with Gasteiger partial charge in [0.15, 0.2) is 5.78 Å². The van der Waals surface area contributed by atoms with Crippen LogP contribution in [0.3, 0.4) is 0 Å². The molecule has 6 nitrogen and oxygen atoms in total. The molecule has 0 atom stereocenters. The predicted molar refractivity (Wildman–Crippen MR) is 101 cm³/mol. The number of carbonyl (C=O) groups is 2. The van der Waals surface area contributed by atoms with Gasteiger partial charge in [0, 0.05) is 43.2 Å². The van der Waals surface area contributed by atoms with Crippen molar-refractivity contribution < 1.29 is 18.0 Å². The Morgan fingerprint density at radius 2 is 1.69 bits per heavy atom. The average Bonchev–Trinajstić information content (AvgIpc) is 2.60. The third kappa shape index (κ3) is 5.14. The minimum absolute atomic E-state index is 0.00782. The molecule has 1 amide bonds. The van der Waals surface area contributed by atoms with Gasteiger partial charge < -0.3 is 5.32 Å². The Hall–Kier alpha value is -2.22. The number of nitrogens with zero attached hydrogens (tertiary/aromatic N) is 1. The van der Waals surface area contributed by atoms with Gasteiger partial charge >= 0.3 is 0 Å². The fourth-order valence-corrected chi connectivity index (χ4v) is 3.25. The van der Waals surface area contributed by atoms with Crippen molar-refractivity contribution in [2.45, 2.75) is 17.7 Å². The molecule has 0 aliphatic carbocycles. The molecule has 0 aromatic heterocycles. The molecule has 2 aromatic carbocycles. The van der Waals surface area contributed by atoms with E-state index < -0.39 is 10.0 Å². The van der Waals surface area contributed by atoms with E-state index in [1.807, 2.05) is 0 Å². The Balaban J connectivity index is 1.98. The van der Waals surface area contributed by atoms with Crippen molar-refractivity contribution in [3.05, 3.63) is 59.1 Å². The van der Waals surface area contributed by atoms with Crippen LogP contribution >= 0.6 is 11.6 Å². The number of benzene rings is 2. The number of hydrogen-bond acceptors (Lipinski definition) is 4. The van der Waals surface area contributed by atoms with E-state index in [4.69, 9.17) is 11.6 Å². The molecule has 0 fully saturated rings. The zero-order chi connectivity index (χ0) is 19.3. The van der Waals surface area contributed by atoms with Crippen LogP contribution in [0.5, 0.6) is 0 Å². The predicted octanol–water partition coefficient (Wildman–Crippen LogP) is 3.19. The van der Waals surface area contributed by atoms with Crippen LogP contribution in [0, 0.1) is 0 Å². The van der Waals surface area contributed by atoms with Gasteiger partial charge in [-0.15, -0.1) is 0 Å². The highest BCUT2D eigenvalue weighted by atomic mass is 35.5. The molecular formula is C18H19ClN2O4S. The average molecular weight is 395 g/mol. The lowest BCUT2D eigenvalue weighted by Gasteiger charge is -2.12. The molecule has 0 aliphatic heterocycles. The number of rotatable bonds is 7. The van der Waals surface area contributed by atoms with Gasteiger partial charge in [-0.2, -0.15) is 0 Å².